The lowest BCUT2D eigenvalue weighted by Crippen LogP contribution is -2.40. The maximum Gasteiger partial charge on any atom is 0.226 e. The zero-order chi connectivity index (χ0) is 21.9. The van der Waals surface area contributed by atoms with Crippen molar-refractivity contribution in [2.45, 2.75) is 65.8 Å². The van der Waals surface area contributed by atoms with Crippen LogP contribution in [0.5, 0.6) is 0 Å². The molecule has 0 atom stereocenters. The molecule has 0 saturated carbocycles. The van der Waals surface area contributed by atoms with Crippen molar-refractivity contribution in [1.29, 1.82) is 0 Å². The molecule has 3 rings (SSSR count). The van der Waals surface area contributed by atoms with E-state index < -0.39 is 8.32 Å². The minimum absolute atomic E-state index is 0.218. The molecule has 0 aliphatic carbocycles. The van der Waals surface area contributed by atoms with Crippen LogP contribution in [0, 0.1) is 5.92 Å². The van der Waals surface area contributed by atoms with E-state index in [9.17, 15) is 0 Å². The van der Waals surface area contributed by atoms with Crippen LogP contribution in [0.3, 0.4) is 0 Å². The van der Waals surface area contributed by atoms with Gasteiger partial charge >= 0.3 is 0 Å². The zero-order valence-electron chi connectivity index (χ0n) is 19.5. The molecule has 3 nitrogen and oxygen atoms in total. The number of oxazole rings is 1. The minimum Gasteiger partial charge on any atom is -0.436 e. The molecule has 3 aromatic rings. The van der Waals surface area contributed by atoms with Gasteiger partial charge in [0.25, 0.3) is 0 Å². The molecule has 0 aliphatic rings. The summed E-state index contributed by atoms with van der Waals surface area (Å²) in [5, 5.41) is 0.218. The number of benzene rings is 2. The lowest BCUT2D eigenvalue weighted by molar-refractivity contribution is 0.276. The van der Waals surface area contributed by atoms with Crippen LogP contribution in [0.15, 0.2) is 59.1 Å². The van der Waals surface area contributed by atoms with Crippen molar-refractivity contribution in [3.05, 3.63) is 65.9 Å². The van der Waals surface area contributed by atoms with Crippen molar-refractivity contribution in [3.8, 4) is 22.8 Å². The Balaban J connectivity index is 1.67. The first-order valence-electron chi connectivity index (χ1n) is 10.8. The molecule has 0 fully saturated rings. The molecular formula is C26H35NO2Si. The first-order valence-corrected chi connectivity index (χ1v) is 13.7. The van der Waals surface area contributed by atoms with Crippen LogP contribution in [-0.2, 0) is 17.5 Å². The molecule has 0 amide bonds. The van der Waals surface area contributed by atoms with Crippen molar-refractivity contribution in [1.82, 2.24) is 4.98 Å². The molecule has 0 spiro atoms. The average molecular weight is 422 g/mol. The van der Waals surface area contributed by atoms with E-state index in [-0.39, 0.29) is 5.04 Å². The number of hydrogen-bond acceptors (Lipinski definition) is 3. The third-order valence-corrected chi connectivity index (χ3v) is 10.5. The fourth-order valence-corrected chi connectivity index (χ4v) is 4.00. The standard InChI is InChI=1S/C26H35NO2Si/c1-19(2)16-20-8-14-23(15-9-20)25-27-17-24(29-25)22-12-10-21(11-13-22)18-28-30(6,7)26(3,4)5/h8-15,17,19H,16,18H2,1-7H3. The molecule has 2 aromatic carbocycles. The lowest BCUT2D eigenvalue weighted by Gasteiger charge is -2.36. The minimum atomic E-state index is -1.74. The Labute approximate surface area is 182 Å². The van der Waals surface area contributed by atoms with Crippen LogP contribution in [0.4, 0.5) is 0 Å². The fourth-order valence-electron chi connectivity index (χ4n) is 3.04. The van der Waals surface area contributed by atoms with Gasteiger partial charge in [-0.15, -0.1) is 0 Å². The first kappa shape index (κ1) is 22.5. The second kappa shape index (κ2) is 8.91. The summed E-state index contributed by atoms with van der Waals surface area (Å²) in [4.78, 5) is 4.49. The topological polar surface area (TPSA) is 35.3 Å². The van der Waals surface area contributed by atoms with Crippen molar-refractivity contribution in [3.63, 3.8) is 0 Å². The van der Waals surface area contributed by atoms with Crippen LogP contribution in [0.25, 0.3) is 22.8 Å². The Morgan fingerprint density at radius 1 is 0.900 bits per heavy atom. The van der Waals surface area contributed by atoms with Gasteiger partial charge in [-0.05, 0) is 53.7 Å². The largest absolute Gasteiger partial charge is 0.436 e. The predicted octanol–water partition coefficient (Wildman–Crippen LogP) is 7.73. The van der Waals surface area contributed by atoms with Gasteiger partial charge in [0.15, 0.2) is 14.1 Å². The maximum absolute atomic E-state index is 6.32. The van der Waals surface area contributed by atoms with Gasteiger partial charge in [-0.25, -0.2) is 4.98 Å². The van der Waals surface area contributed by atoms with E-state index in [4.69, 9.17) is 8.84 Å². The Hall–Kier alpha value is -2.17. The Morgan fingerprint density at radius 3 is 2.03 bits per heavy atom. The number of rotatable bonds is 7. The maximum atomic E-state index is 6.32. The van der Waals surface area contributed by atoms with E-state index in [1.54, 1.807) is 6.20 Å². The van der Waals surface area contributed by atoms with Gasteiger partial charge in [0.2, 0.25) is 5.89 Å². The van der Waals surface area contributed by atoms with Crippen LogP contribution in [-0.4, -0.2) is 13.3 Å². The Bertz CT molecular complexity index is 948. The van der Waals surface area contributed by atoms with Gasteiger partial charge in [0, 0.05) is 11.1 Å². The second-order valence-electron chi connectivity index (χ2n) is 10.1. The number of hydrogen-bond donors (Lipinski definition) is 0. The summed E-state index contributed by atoms with van der Waals surface area (Å²) in [6.07, 6.45) is 2.89. The summed E-state index contributed by atoms with van der Waals surface area (Å²) in [5.74, 6) is 2.10. The van der Waals surface area contributed by atoms with E-state index >= 15 is 0 Å². The normalized spacial score (nSPS) is 12.5. The summed E-state index contributed by atoms with van der Waals surface area (Å²) in [5.41, 5.74) is 4.56. The third-order valence-electron chi connectivity index (χ3n) is 5.99. The highest BCUT2D eigenvalue weighted by molar-refractivity contribution is 6.74. The summed E-state index contributed by atoms with van der Waals surface area (Å²) >= 11 is 0. The van der Waals surface area contributed by atoms with Gasteiger partial charge < -0.3 is 8.84 Å². The molecular weight excluding hydrogens is 386 g/mol. The monoisotopic (exact) mass is 421 g/mol. The molecule has 1 heterocycles. The number of aromatic nitrogens is 1. The van der Waals surface area contributed by atoms with Crippen molar-refractivity contribution in [2.24, 2.45) is 5.92 Å². The van der Waals surface area contributed by atoms with Gasteiger partial charge in [-0.3, -0.25) is 0 Å². The van der Waals surface area contributed by atoms with E-state index in [0.29, 0.717) is 18.4 Å². The highest BCUT2D eigenvalue weighted by Gasteiger charge is 2.36. The highest BCUT2D eigenvalue weighted by atomic mass is 28.4. The van der Waals surface area contributed by atoms with Crippen LogP contribution in [0.2, 0.25) is 18.1 Å². The molecule has 0 aliphatic heterocycles. The summed E-state index contributed by atoms with van der Waals surface area (Å²) in [6.45, 7) is 16.5. The Kier molecular flexibility index (Phi) is 6.68. The van der Waals surface area contributed by atoms with Crippen LogP contribution in [0.1, 0.15) is 45.7 Å². The summed E-state index contributed by atoms with van der Waals surface area (Å²) < 4.78 is 12.4. The van der Waals surface area contributed by atoms with E-state index in [0.717, 1.165) is 23.3 Å². The van der Waals surface area contributed by atoms with Gasteiger partial charge in [0.05, 0.1) is 12.8 Å². The quantitative estimate of drug-likeness (QED) is 0.366. The van der Waals surface area contributed by atoms with Crippen molar-refractivity contribution >= 4 is 8.32 Å². The van der Waals surface area contributed by atoms with Gasteiger partial charge in [-0.2, -0.15) is 0 Å². The smallest absolute Gasteiger partial charge is 0.226 e. The van der Waals surface area contributed by atoms with Gasteiger partial charge in [0.1, 0.15) is 0 Å². The highest BCUT2D eigenvalue weighted by Crippen LogP contribution is 2.37. The van der Waals surface area contributed by atoms with E-state index in [1.165, 1.54) is 11.1 Å². The average Bonchev–Trinajstić information content (AvgIpc) is 3.16. The third kappa shape index (κ3) is 5.49. The zero-order valence-corrected chi connectivity index (χ0v) is 20.5. The van der Waals surface area contributed by atoms with Crippen LogP contribution >= 0.6 is 0 Å². The molecule has 0 unspecified atom stereocenters. The first-order chi connectivity index (χ1) is 14.0. The van der Waals surface area contributed by atoms with Crippen molar-refractivity contribution < 1.29 is 8.84 Å². The van der Waals surface area contributed by atoms with E-state index in [1.807, 2.05) is 0 Å². The molecule has 0 bridgehead atoms. The molecule has 0 N–H and O–H groups in total. The Morgan fingerprint density at radius 2 is 1.47 bits per heavy atom. The molecule has 1 aromatic heterocycles. The van der Waals surface area contributed by atoms with Gasteiger partial charge in [-0.1, -0.05) is 71.0 Å². The molecule has 4 heteroatoms. The summed E-state index contributed by atoms with van der Waals surface area (Å²) in [6, 6.07) is 16.9. The number of nitrogens with zero attached hydrogens (tertiary/aromatic N) is 1. The fraction of sp³-hybridized carbons (Fsp3) is 0.423. The predicted molar refractivity (Wildman–Crippen MR) is 128 cm³/mol. The van der Waals surface area contributed by atoms with E-state index in [2.05, 4.69) is 101 Å². The molecule has 0 saturated heterocycles. The van der Waals surface area contributed by atoms with Crippen LogP contribution < -0.4 is 0 Å². The molecule has 0 radical (unpaired) electrons. The second-order valence-corrected chi connectivity index (χ2v) is 14.9. The lowest BCUT2D eigenvalue weighted by atomic mass is 10.0. The SMILES string of the molecule is CC(C)Cc1ccc(-c2ncc(-c3ccc(CO[Si](C)(C)C(C)(C)C)cc3)o2)cc1. The molecule has 30 heavy (non-hydrogen) atoms. The van der Waals surface area contributed by atoms with Crippen molar-refractivity contribution in [2.75, 3.05) is 0 Å². The summed E-state index contributed by atoms with van der Waals surface area (Å²) in [7, 11) is -1.74. The molecule has 160 valence electrons.